The molecule has 0 atom stereocenters. The zero-order valence-corrected chi connectivity index (χ0v) is 17.4. The Balaban J connectivity index is 1.60. The highest BCUT2D eigenvalue weighted by molar-refractivity contribution is 5.95. The van der Waals surface area contributed by atoms with E-state index in [2.05, 4.69) is 6.58 Å². The first kappa shape index (κ1) is 23.7. The van der Waals surface area contributed by atoms with Gasteiger partial charge in [-0.25, -0.2) is 4.79 Å². The normalized spacial score (nSPS) is 10.2. The van der Waals surface area contributed by atoms with E-state index in [0.29, 0.717) is 12.8 Å². The summed E-state index contributed by atoms with van der Waals surface area (Å²) in [6.45, 7) is 2.77. The van der Waals surface area contributed by atoms with Crippen LogP contribution in [0.2, 0.25) is 0 Å². The van der Waals surface area contributed by atoms with Crippen LogP contribution in [0.15, 0.2) is 72.8 Å². The van der Waals surface area contributed by atoms with Crippen LogP contribution < -0.4 is 0 Å². The van der Waals surface area contributed by atoms with Crippen molar-refractivity contribution in [2.45, 2.75) is 32.1 Å². The maximum atomic E-state index is 11.9. The van der Waals surface area contributed by atoms with Crippen molar-refractivity contribution in [3.63, 3.8) is 0 Å². The number of aryl methyl sites for hydroxylation is 2. The van der Waals surface area contributed by atoms with Crippen LogP contribution >= 0.6 is 0 Å². The monoisotopic (exact) mass is 422 g/mol. The first-order chi connectivity index (χ1) is 14.9. The van der Waals surface area contributed by atoms with Crippen LogP contribution in [0, 0.1) is 0 Å². The summed E-state index contributed by atoms with van der Waals surface area (Å²) in [7, 11) is 0. The number of ether oxygens (including phenoxy) is 2. The largest absolute Gasteiger partial charge is 0.457 e. The van der Waals surface area contributed by atoms with E-state index in [4.69, 9.17) is 9.47 Å². The minimum absolute atomic E-state index is 0.127. The Bertz CT molecular complexity index is 902. The molecule has 0 heterocycles. The van der Waals surface area contributed by atoms with Crippen molar-refractivity contribution >= 4 is 23.5 Å². The second kappa shape index (κ2) is 12.9. The molecule has 0 amide bonds. The predicted octanol–water partition coefficient (Wildman–Crippen LogP) is 3.42. The molecule has 31 heavy (non-hydrogen) atoms. The third-order valence-electron chi connectivity index (χ3n) is 4.48. The molecule has 0 fully saturated rings. The van der Waals surface area contributed by atoms with E-state index in [-0.39, 0.29) is 43.2 Å². The number of hydrogen-bond donors (Lipinski definition) is 0. The maximum Gasteiger partial charge on any atom is 0.334 e. The molecule has 0 aliphatic carbocycles. The lowest BCUT2D eigenvalue weighted by molar-refractivity contribution is -0.149. The van der Waals surface area contributed by atoms with Crippen LogP contribution in [0.4, 0.5) is 0 Å². The average molecular weight is 422 g/mol. The number of rotatable bonds is 13. The van der Waals surface area contributed by atoms with Gasteiger partial charge in [0.2, 0.25) is 0 Å². The van der Waals surface area contributed by atoms with Gasteiger partial charge in [0.25, 0.3) is 0 Å². The maximum absolute atomic E-state index is 11.9. The molecule has 0 spiro atoms. The van der Waals surface area contributed by atoms with E-state index in [0.717, 1.165) is 11.1 Å². The Morgan fingerprint density at radius 3 is 1.61 bits per heavy atom. The highest BCUT2D eigenvalue weighted by Gasteiger charge is 2.16. The quantitative estimate of drug-likeness (QED) is 0.363. The fraction of sp³-hybridized carbons (Fsp3) is 0.280. The molecule has 2 aromatic rings. The van der Waals surface area contributed by atoms with E-state index in [1.807, 2.05) is 60.7 Å². The summed E-state index contributed by atoms with van der Waals surface area (Å²) in [5.74, 6) is -2.02. The standard InChI is InChI=1S/C25H26O6/c1-19(25(29)31-18-23(27)15-13-21-10-6-3-7-11-21)16-24(28)30-17-22(26)14-12-20-8-4-2-5-9-20/h2-11H,1,12-18H2. The van der Waals surface area contributed by atoms with Crippen molar-refractivity contribution in [2.75, 3.05) is 13.2 Å². The summed E-state index contributed by atoms with van der Waals surface area (Å²) in [5, 5.41) is 0. The Hall–Kier alpha value is -3.54. The Morgan fingerprint density at radius 2 is 1.13 bits per heavy atom. The van der Waals surface area contributed by atoms with Crippen LogP contribution in [0.3, 0.4) is 0 Å². The second-order valence-electron chi connectivity index (χ2n) is 7.07. The van der Waals surface area contributed by atoms with Gasteiger partial charge in [-0.1, -0.05) is 67.2 Å². The lowest BCUT2D eigenvalue weighted by Crippen LogP contribution is -2.19. The molecule has 6 nitrogen and oxygen atoms in total. The van der Waals surface area contributed by atoms with Crippen molar-refractivity contribution in [2.24, 2.45) is 0 Å². The van der Waals surface area contributed by atoms with Gasteiger partial charge in [-0.05, 0) is 24.0 Å². The fourth-order valence-electron chi connectivity index (χ4n) is 2.71. The number of Topliss-reactive ketones (excluding diaryl/α,β-unsaturated/α-hetero) is 2. The molecule has 6 heteroatoms. The van der Waals surface area contributed by atoms with Crippen LogP contribution in [0.1, 0.15) is 30.4 Å². The number of carbonyl (C=O) groups excluding carboxylic acids is 4. The number of ketones is 2. The van der Waals surface area contributed by atoms with Crippen molar-refractivity contribution in [3.8, 4) is 0 Å². The summed E-state index contributed by atoms with van der Waals surface area (Å²) in [6, 6.07) is 19.0. The Labute approximate surface area is 181 Å². The van der Waals surface area contributed by atoms with E-state index in [1.165, 1.54) is 0 Å². The van der Waals surface area contributed by atoms with Gasteiger partial charge in [-0.3, -0.25) is 14.4 Å². The number of hydrogen-bond acceptors (Lipinski definition) is 6. The SMILES string of the molecule is C=C(CC(=O)OCC(=O)CCc1ccccc1)C(=O)OCC(=O)CCc1ccccc1. The Kier molecular flexibility index (Phi) is 9.88. The average Bonchev–Trinajstić information content (AvgIpc) is 2.79. The summed E-state index contributed by atoms with van der Waals surface area (Å²) in [6.07, 6.45) is 1.22. The molecular formula is C25H26O6. The second-order valence-corrected chi connectivity index (χ2v) is 7.07. The molecule has 0 aliphatic rings. The molecule has 0 unspecified atom stereocenters. The Morgan fingerprint density at radius 1 is 0.677 bits per heavy atom. The summed E-state index contributed by atoms with van der Waals surface area (Å²) in [4.78, 5) is 47.5. The van der Waals surface area contributed by atoms with Gasteiger partial charge in [-0.2, -0.15) is 0 Å². The van der Waals surface area contributed by atoms with E-state index in [9.17, 15) is 19.2 Å². The molecular weight excluding hydrogens is 396 g/mol. The smallest absolute Gasteiger partial charge is 0.334 e. The summed E-state index contributed by atoms with van der Waals surface area (Å²) < 4.78 is 9.81. The van der Waals surface area contributed by atoms with Gasteiger partial charge in [0, 0.05) is 18.4 Å². The van der Waals surface area contributed by atoms with E-state index >= 15 is 0 Å². The highest BCUT2D eigenvalue weighted by atomic mass is 16.5. The number of carbonyl (C=O) groups is 4. The summed E-state index contributed by atoms with van der Waals surface area (Å²) >= 11 is 0. The lowest BCUT2D eigenvalue weighted by atomic mass is 10.1. The van der Waals surface area contributed by atoms with Gasteiger partial charge < -0.3 is 9.47 Å². The first-order valence-electron chi connectivity index (χ1n) is 10.1. The van der Waals surface area contributed by atoms with Crippen LogP contribution in [-0.2, 0) is 41.5 Å². The summed E-state index contributed by atoms with van der Waals surface area (Å²) in [5.41, 5.74) is 1.92. The molecule has 0 bridgehead atoms. The van der Waals surface area contributed by atoms with Gasteiger partial charge in [0.1, 0.15) is 13.2 Å². The van der Waals surface area contributed by atoms with Crippen molar-refractivity contribution in [1.29, 1.82) is 0 Å². The fourth-order valence-corrected chi connectivity index (χ4v) is 2.71. The zero-order valence-electron chi connectivity index (χ0n) is 17.4. The molecule has 0 aromatic heterocycles. The molecule has 0 aliphatic heterocycles. The minimum atomic E-state index is -0.833. The lowest BCUT2D eigenvalue weighted by Gasteiger charge is -2.07. The molecule has 0 radical (unpaired) electrons. The van der Waals surface area contributed by atoms with Crippen LogP contribution in [0.25, 0.3) is 0 Å². The van der Waals surface area contributed by atoms with E-state index < -0.39 is 18.4 Å². The molecule has 0 N–H and O–H groups in total. The van der Waals surface area contributed by atoms with E-state index in [1.54, 1.807) is 0 Å². The number of esters is 2. The topological polar surface area (TPSA) is 86.7 Å². The van der Waals surface area contributed by atoms with Gasteiger partial charge in [-0.15, -0.1) is 0 Å². The van der Waals surface area contributed by atoms with Gasteiger partial charge in [0.05, 0.1) is 6.42 Å². The van der Waals surface area contributed by atoms with Gasteiger partial charge >= 0.3 is 11.9 Å². The van der Waals surface area contributed by atoms with Crippen LogP contribution in [-0.4, -0.2) is 36.7 Å². The first-order valence-corrected chi connectivity index (χ1v) is 10.1. The minimum Gasteiger partial charge on any atom is -0.457 e. The zero-order chi connectivity index (χ0) is 22.5. The molecule has 2 rings (SSSR count). The van der Waals surface area contributed by atoms with Gasteiger partial charge in [0.15, 0.2) is 11.6 Å². The third-order valence-corrected chi connectivity index (χ3v) is 4.48. The molecule has 162 valence electrons. The molecule has 0 saturated carbocycles. The molecule has 0 saturated heterocycles. The van der Waals surface area contributed by atoms with Crippen molar-refractivity contribution in [1.82, 2.24) is 0 Å². The predicted molar refractivity (Wildman–Crippen MR) is 115 cm³/mol. The van der Waals surface area contributed by atoms with Crippen molar-refractivity contribution in [3.05, 3.63) is 83.9 Å². The van der Waals surface area contributed by atoms with Crippen molar-refractivity contribution < 1.29 is 28.7 Å². The molecule has 2 aromatic carbocycles. The number of benzene rings is 2. The highest BCUT2D eigenvalue weighted by Crippen LogP contribution is 2.07. The van der Waals surface area contributed by atoms with Crippen LogP contribution in [0.5, 0.6) is 0 Å². The third kappa shape index (κ3) is 9.67.